The third kappa shape index (κ3) is 9.70. The first-order valence-corrected chi connectivity index (χ1v) is 16.5. The van der Waals surface area contributed by atoms with Gasteiger partial charge < -0.3 is 24.6 Å². The number of piperazine rings is 1. The van der Waals surface area contributed by atoms with Crippen LogP contribution in [0.4, 0.5) is 10.6 Å². The Morgan fingerprint density at radius 2 is 1.65 bits per heavy atom. The topological polar surface area (TPSA) is 100 Å². The van der Waals surface area contributed by atoms with Crippen molar-refractivity contribution in [2.45, 2.75) is 52.7 Å². The summed E-state index contributed by atoms with van der Waals surface area (Å²) < 4.78 is 11.8. The molecule has 2 fully saturated rings. The molecule has 2 aromatic heterocycles. The largest absolute Gasteiger partial charge is 0.444 e. The van der Waals surface area contributed by atoms with E-state index in [2.05, 4.69) is 26.2 Å². The fraction of sp³-hybridized carbons (Fsp3) is 0.471. The van der Waals surface area contributed by atoms with E-state index in [0.29, 0.717) is 59.5 Å². The normalized spacial score (nSPS) is 16.3. The second-order valence-electron chi connectivity index (χ2n) is 12.9. The lowest BCUT2D eigenvalue weighted by Crippen LogP contribution is -2.50. The van der Waals surface area contributed by atoms with E-state index in [1.165, 1.54) is 0 Å². The zero-order valence-corrected chi connectivity index (χ0v) is 28.4. The van der Waals surface area contributed by atoms with E-state index >= 15 is 0 Å². The molecule has 246 valence electrons. The van der Waals surface area contributed by atoms with E-state index in [9.17, 15) is 9.59 Å². The van der Waals surface area contributed by atoms with Crippen LogP contribution >= 0.6 is 23.2 Å². The molecule has 0 spiro atoms. The molecule has 0 bridgehead atoms. The fourth-order valence-electron chi connectivity index (χ4n) is 5.63. The Morgan fingerprint density at radius 3 is 2.26 bits per heavy atom. The highest BCUT2D eigenvalue weighted by Gasteiger charge is 2.26. The van der Waals surface area contributed by atoms with Crippen molar-refractivity contribution in [3.8, 4) is 22.9 Å². The number of likely N-dealkylation sites (tertiary alicyclic amines) is 1. The van der Waals surface area contributed by atoms with Gasteiger partial charge in [-0.3, -0.25) is 9.69 Å². The number of halogens is 2. The molecular formula is C34H42Cl2N6O4. The highest BCUT2D eigenvalue weighted by Crippen LogP contribution is 2.31. The van der Waals surface area contributed by atoms with Crippen LogP contribution < -0.4 is 15.0 Å². The minimum atomic E-state index is -0.519. The van der Waals surface area contributed by atoms with E-state index in [0.717, 1.165) is 56.0 Å². The number of nitrogens with one attached hydrogen (secondary N) is 1. The maximum atomic E-state index is 12.4. The first-order valence-electron chi connectivity index (χ1n) is 15.7. The summed E-state index contributed by atoms with van der Waals surface area (Å²) in [5.74, 6) is 2.33. The second kappa shape index (κ2) is 14.9. The number of hydrogen-bond donors (Lipinski definition) is 1. The predicted molar refractivity (Wildman–Crippen MR) is 181 cm³/mol. The average molecular weight is 670 g/mol. The molecule has 0 saturated carbocycles. The van der Waals surface area contributed by atoms with Gasteiger partial charge in [0.05, 0.1) is 11.9 Å². The summed E-state index contributed by atoms with van der Waals surface area (Å²) >= 11 is 12.7. The number of aromatic nitrogens is 2. The number of nitrogens with zero attached hydrogens (tertiary/aromatic N) is 5. The van der Waals surface area contributed by atoms with Crippen LogP contribution in [0.1, 0.15) is 46.1 Å². The molecule has 46 heavy (non-hydrogen) atoms. The number of amides is 2. The lowest BCUT2D eigenvalue weighted by atomic mass is 9.96. The van der Waals surface area contributed by atoms with Crippen LogP contribution in [0.2, 0.25) is 10.0 Å². The number of rotatable bonds is 8. The Morgan fingerprint density at radius 1 is 0.957 bits per heavy atom. The standard InChI is InChI=1S/C34H42Cl2N6O4/c1-23(43)37-20-24-7-9-40(10-8-24)22-25-15-30(26-17-27(35)19-28(36)18-26)39-32(16-25)45-29-5-6-31(38-21-29)41-11-13-42(14-12-41)33(44)46-34(2,3)4/h5-6,15-19,21,24H,7-14,20,22H2,1-4H3,(H,37,43). The van der Waals surface area contributed by atoms with Gasteiger partial charge in [-0.1, -0.05) is 23.2 Å². The molecule has 1 N–H and O–H groups in total. The number of pyridine rings is 2. The van der Waals surface area contributed by atoms with Crippen LogP contribution in [0.25, 0.3) is 11.3 Å². The van der Waals surface area contributed by atoms with E-state index in [4.69, 9.17) is 37.7 Å². The number of carbonyl (C=O) groups is 2. The van der Waals surface area contributed by atoms with Gasteiger partial charge in [0.1, 0.15) is 17.2 Å². The molecule has 4 heterocycles. The summed E-state index contributed by atoms with van der Waals surface area (Å²) in [5, 5.41) is 4.01. The molecule has 3 aromatic rings. The van der Waals surface area contributed by atoms with Crippen LogP contribution in [-0.2, 0) is 16.1 Å². The minimum absolute atomic E-state index is 0.0170. The third-order valence-corrected chi connectivity index (χ3v) is 8.41. The summed E-state index contributed by atoms with van der Waals surface area (Å²) in [4.78, 5) is 39.5. The minimum Gasteiger partial charge on any atom is -0.444 e. The average Bonchev–Trinajstić information content (AvgIpc) is 3.00. The molecule has 2 aliphatic rings. The van der Waals surface area contributed by atoms with E-state index in [-0.39, 0.29) is 12.0 Å². The zero-order valence-electron chi connectivity index (χ0n) is 26.9. The summed E-state index contributed by atoms with van der Waals surface area (Å²) in [5.41, 5.74) is 2.06. The van der Waals surface area contributed by atoms with Crippen molar-refractivity contribution in [3.05, 3.63) is 64.3 Å². The summed E-state index contributed by atoms with van der Waals surface area (Å²) in [6, 6.07) is 13.2. The Labute approximate surface area is 281 Å². The van der Waals surface area contributed by atoms with Gasteiger partial charge in [-0.05, 0) is 94.6 Å². The van der Waals surface area contributed by atoms with Crippen molar-refractivity contribution in [1.29, 1.82) is 0 Å². The first kappa shape index (κ1) is 33.8. The monoisotopic (exact) mass is 668 g/mol. The molecule has 2 aliphatic heterocycles. The van der Waals surface area contributed by atoms with Crippen LogP contribution in [0, 0.1) is 5.92 Å². The fourth-order valence-corrected chi connectivity index (χ4v) is 6.16. The lowest BCUT2D eigenvalue weighted by molar-refractivity contribution is -0.119. The Balaban J connectivity index is 1.26. The SMILES string of the molecule is CC(=O)NCC1CCN(Cc2cc(Oc3ccc(N4CCN(C(=O)OC(C)(C)C)CC4)nc3)nc(-c3cc(Cl)cc(Cl)c3)c2)CC1. The van der Waals surface area contributed by atoms with Gasteiger partial charge in [-0.15, -0.1) is 0 Å². The van der Waals surface area contributed by atoms with Crippen molar-refractivity contribution in [2.75, 3.05) is 50.7 Å². The molecule has 1 aromatic carbocycles. The number of piperidine rings is 1. The molecule has 2 saturated heterocycles. The Hall–Kier alpha value is -3.60. The van der Waals surface area contributed by atoms with Gasteiger partial charge in [0.25, 0.3) is 0 Å². The molecule has 0 radical (unpaired) electrons. The van der Waals surface area contributed by atoms with Gasteiger partial charge in [0.2, 0.25) is 11.8 Å². The zero-order chi connectivity index (χ0) is 32.8. The Kier molecular flexibility index (Phi) is 10.9. The van der Waals surface area contributed by atoms with Crippen molar-refractivity contribution >= 4 is 41.0 Å². The number of carbonyl (C=O) groups excluding carboxylic acids is 2. The van der Waals surface area contributed by atoms with Crippen molar-refractivity contribution in [1.82, 2.24) is 25.1 Å². The molecule has 5 rings (SSSR count). The lowest BCUT2D eigenvalue weighted by Gasteiger charge is -2.36. The van der Waals surface area contributed by atoms with E-state index < -0.39 is 5.60 Å². The molecule has 12 heteroatoms. The maximum Gasteiger partial charge on any atom is 0.410 e. The number of ether oxygens (including phenoxy) is 2. The highest BCUT2D eigenvalue weighted by atomic mass is 35.5. The molecule has 0 atom stereocenters. The van der Waals surface area contributed by atoms with Gasteiger partial charge in [0, 0.05) is 67.9 Å². The van der Waals surface area contributed by atoms with Gasteiger partial charge in [0.15, 0.2) is 0 Å². The molecule has 0 unspecified atom stereocenters. The second-order valence-corrected chi connectivity index (χ2v) is 13.8. The van der Waals surface area contributed by atoms with Crippen LogP contribution in [0.3, 0.4) is 0 Å². The number of benzene rings is 1. The van der Waals surface area contributed by atoms with Crippen LogP contribution in [-0.4, -0.2) is 83.2 Å². The van der Waals surface area contributed by atoms with E-state index in [1.54, 1.807) is 24.1 Å². The van der Waals surface area contributed by atoms with Gasteiger partial charge in [-0.25, -0.2) is 14.8 Å². The van der Waals surface area contributed by atoms with Gasteiger partial charge in [-0.2, -0.15) is 0 Å². The Bertz CT molecular complexity index is 1490. The number of anilines is 1. The molecule has 2 amide bonds. The molecular weight excluding hydrogens is 627 g/mol. The quantitative estimate of drug-likeness (QED) is 0.285. The van der Waals surface area contributed by atoms with Crippen molar-refractivity contribution in [2.24, 2.45) is 5.92 Å². The third-order valence-electron chi connectivity index (χ3n) is 7.97. The number of hydrogen-bond acceptors (Lipinski definition) is 8. The smallest absolute Gasteiger partial charge is 0.410 e. The van der Waals surface area contributed by atoms with Crippen LogP contribution in [0.5, 0.6) is 11.6 Å². The summed E-state index contributed by atoms with van der Waals surface area (Å²) in [7, 11) is 0. The van der Waals surface area contributed by atoms with Gasteiger partial charge >= 0.3 is 6.09 Å². The summed E-state index contributed by atoms with van der Waals surface area (Å²) in [6.07, 6.45) is 3.46. The van der Waals surface area contributed by atoms with Crippen molar-refractivity contribution < 1.29 is 19.1 Å². The summed E-state index contributed by atoms with van der Waals surface area (Å²) in [6.45, 7) is 13.0. The predicted octanol–water partition coefficient (Wildman–Crippen LogP) is 6.65. The van der Waals surface area contributed by atoms with E-state index in [1.807, 2.05) is 51.1 Å². The van der Waals surface area contributed by atoms with Crippen LogP contribution in [0.15, 0.2) is 48.7 Å². The highest BCUT2D eigenvalue weighted by molar-refractivity contribution is 6.35. The van der Waals surface area contributed by atoms with Crippen molar-refractivity contribution in [3.63, 3.8) is 0 Å². The molecule has 10 nitrogen and oxygen atoms in total. The maximum absolute atomic E-state index is 12.4. The first-order chi connectivity index (χ1) is 21.9. The molecule has 0 aliphatic carbocycles.